The highest BCUT2D eigenvalue weighted by molar-refractivity contribution is 4.84. The molecule has 1 atom stereocenters. The normalized spacial score (nSPS) is 13.2. The second-order valence-corrected chi connectivity index (χ2v) is 2.75. The van der Waals surface area contributed by atoms with Gasteiger partial charge < -0.3 is 4.74 Å². The first kappa shape index (κ1) is 8.99. The maximum Gasteiger partial charge on any atom is 0.343 e. The summed E-state index contributed by atoms with van der Waals surface area (Å²) < 4.78 is 6.51. The Bertz CT molecular complexity index is 302. The topological polar surface area (TPSA) is 59.9 Å². The Morgan fingerprint density at radius 3 is 2.83 bits per heavy atom. The van der Waals surface area contributed by atoms with Crippen LogP contribution in [0.1, 0.15) is 18.8 Å². The van der Waals surface area contributed by atoms with Gasteiger partial charge in [-0.3, -0.25) is 4.57 Å². The summed E-state index contributed by atoms with van der Waals surface area (Å²) in [6, 6.07) is 0.0289. The summed E-state index contributed by atoms with van der Waals surface area (Å²) in [5.41, 5.74) is -0.183. The summed E-state index contributed by atoms with van der Waals surface area (Å²) in [5, 5.41) is 6.17. The molecule has 0 spiro atoms. The van der Waals surface area contributed by atoms with Gasteiger partial charge in [-0.25, -0.2) is 9.89 Å². The van der Waals surface area contributed by atoms with Crippen molar-refractivity contribution in [2.45, 2.75) is 19.9 Å². The van der Waals surface area contributed by atoms with Gasteiger partial charge in [0.1, 0.15) is 5.82 Å². The maximum atomic E-state index is 11.1. The Morgan fingerprint density at radius 2 is 2.42 bits per heavy atom. The Labute approximate surface area is 70.4 Å². The largest absolute Gasteiger partial charge is 0.383 e. The highest BCUT2D eigenvalue weighted by Crippen LogP contribution is 2.03. The van der Waals surface area contributed by atoms with E-state index in [0.717, 1.165) is 0 Å². The van der Waals surface area contributed by atoms with Crippen LogP contribution in [0.2, 0.25) is 0 Å². The van der Waals surface area contributed by atoms with Crippen LogP contribution in [0.4, 0.5) is 0 Å². The molecular weight excluding hydrogens is 158 g/mol. The lowest BCUT2D eigenvalue weighted by Gasteiger charge is -2.10. The number of aromatic amines is 1. The van der Waals surface area contributed by atoms with Crippen LogP contribution in [0.5, 0.6) is 0 Å². The van der Waals surface area contributed by atoms with E-state index in [1.54, 1.807) is 18.6 Å². The number of H-pyrrole nitrogens is 1. The van der Waals surface area contributed by atoms with Gasteiger partial charge >= 0.3 is 5.69 Å². The highest BCUT2D eigenvalue weighted by Gasteiger charge is 2.10. The Morgan fingerprint density at radius 1 is 1.75 bits per heavy atom. The molecule has 1 rings (SSSR count). The Kier molecular flexibility index (Phi) is 2.65. The fourth-order valence-corrected chi connectivity index (χ4v) is 1.22. The maximum absolute atomic E-state index is 11.1. The van der Waals surface area contributed by atoms with Crippen molar-refractivity contribution >= 4 is 0 Å². The van der Waals surface area contributed by atoms with E-state index in [0.29, 0.717) is 12.4 Å². The summed E-state index contributed by atoms with van der Waals surface area (Å²) in [4.78, 5) is 11.1. The molecule has 0 saturated heterocycles. The molecule has 0 bridgehead atoms. The van der Waals surface area contributed by atoms with Crippen LogP contribution in [-0.2, 0) is 4.74 Å². The van der Waals surface area contributed by atoms with Crippen LogP contribution in [0.3, 0.4) is 0 Å². The zero-order chi connectivity index (χ0) is 9.14. The number of methoxy groups -OCH3 is 1. The number of aromatic nitrogens is 3. The molecule has 0 fully saturated rings. The smallest absolute Gasteiger partial charge is 0.343 e. The molecule has 0 saturated carbocycles. The molecule has 0 radical (unpaired) electrons. The Balaban J connectivity index is 2.93. The lowest BCUT2D eigenvalue weighted by molar-refractivity contribution is 0.160. The van der Waals surface area contributed by atoms with Gasteiger partial charge in [0.05, 0.1) is 12.6 Å². The summed E-state index contributed by atoms with van der Waals surface area (Å²) in [5.74, 6) is 0.685. The predicted octanol–water partition coefficient (Wildman–Crippen LogP) is 0.0872. The average molecular weight is 171 g/mol. The third-order valence-corrected chi connectivity index (χ3v) is 1.73. The molecule has 0 amide bonds. The van der Waals surface area contributed by atoms with E-state index >= 15 is 0 Å². The van der Waals surface area contributed by atoms with Gasteiger partial charge in [-0.15, -0.1) is 0 Å². The van der Waals surface area contributed by atoms with E-state index in [4.69, 9.17) is 4.74 Å². The second kappa shape index (κ2) is 3.53. The molecule has 1 N–H and O–H groups in total. The fourth-order valence-electron chi connectivity index (χ4n) is 1.22. The standard InChI is InChI=1S/C7H13N3O2/c1-5(4-12-3)10-6(2)8-9-7(10)11/h5H,4H2,1-3H3,(H,9,11). The molecule has 0 aliphatic heterocycles. The third kappa shape index (κ3) is 1.55. The van der Waals surface area contributed by atoms with E-state index < -0.39 is 0 Å². The molecule has 1 aromatic heterocycles. The van der Waals surface area contributed by atoms with Crippen LogP contribution in [0.25, 0.3) is 0 Å². The van der Waals surface area contributed by atoms with Gasteiger partial charge in [0.2, 0.25) is 0 Å². The van der Waals surface area contributed by atoms with Gasteiger partial charge in [-0.2, -0.15) is 5.10 Å². The zero-order valence-corrected chi connectivity index (χ0v) is 7.50. The molecule has 5 heteroatoms. The number of nitrogens with zero attached hydrogens (tertiary/aromatic N) is 2. The summed E-state index contributed by atoms with van der Waals surface area (Å²) >= 11 is 0. The van der Waals surface area contributed by atoms with E-state index in [9.17, 15) is 4.79 Å². The van der Waals surface area contributed by atoms with Gasteiger partial charge in [-0.1, -0.05) is 0 Å². The molecule has 68 valence electrons. The van der Waals surface area contributed by atoms with Crippen molar-refractivity contribution in [2.75, 3.05) is 13.7 Å². The minimum absolute atomic E-state index is 0.0289. The SMILES string of the molecule is COCC(C)n1c(C)n[nH]c1=O. The first-order valence-corrected chi connectivity index (χ1v) is 3.79. The van der Waals surface area contributed by atoms with Crippen LogP contribution in [0.15, 0.2) is 4.79 Å². The van der Waals surface area contributed by atoms with Gasteiger partial charge in [0.15, 0.2) is 0 Å². The monoisotopic (exact) mass is 171 g/mol. The minimum atomic E-state index is -0.183. The van der Waals surface area contributed by atoms with Crippen molar-refractivity contribution in [1.82, 2.24) is 14.8 Å². The third-order valence-electron chi connectivity index (χ3n) is 1.73. The number of ether oxygens (including phenoxy) is 1. The van der Waals surface area contributed by atoms with E-state index in [2.05, 4.69) is 10.2 Å². The Hall–Kier alpha value is -1.10. The molecule has 0 aliphatic carbocycles. The molecule has 0 aromatic carbocycles. The molecule has 0 aliphatic rings. The number of aryl methyl sites for hydroxylation is 1. The van der Waals surface area contributed by atoms with Crippen LogP contribution >= 0.6 is 0 Å². The molecule has 1 heterocycles. The first-order valence-electron chi connectivity index (χ1n) is 3.79. The molecule has 1 unspecified atom stereocenters. The summed E-state index contributed by atoms with van der Waals surface area (Å²) in [6.07, 6.45) is 0. The van der Waals surface area contributed by atoms with Crippen molar-refractivity contribution in [2.24, 2.45) is 0 Å². The van der Waals surface area contributed by atoms with Crippen LogP contribution in [0, 0.1) is 6.92 Å². The lowest BCUT2D eigenvalue weighted by atomic mass is 10.3. The number of rotatable bonds is 3. The predicted molar refractivity (Wildman–Crippen MR) is 44.2 cm³/mol. The quantitative estimate of drug-likeness (QED) is 0.701. The van der Waals surface area contributed by atoms with Crippen molar-refractivity contribution in [3.05, 3.63) is 16.3 Å². The highest BCUT2D eigenvalue weighted by atomic mass is 16.5. The van der Waals surface area contributed by atoms with Crippen molar-refractivity contribution in [3.8, 4) is 0 Å². The van der Waals surface area contributed by atoms with Crippen molar-refractivity contribution in [1.29, 1.82) is 0 Å². The summed E-state index contributed by atoms with van der Waals surface area (Å²) in [7, 11) is 1.61. The molecule has 12 heavy (non-hydrogen) atoms. The number of nitrogens with one attached hydrogen (secondary N) is 1. The molecule has 5 nitrogen and oxygen atoms in total. The molecular formula is C7H13N3O2. The van der Waals surface area contributed by atoms with Crippen molar-refractivity contribution < 1.29 is 4.74 Å². The van der Waals surface area contributed by atoms with Crippen LogP contribution in [-0.4, -0.2) is 28.5 Å². The lowest BCUT2D eigenvalue weighted by Crippen LogP contribution is -2.24. The van der Waals surface area contributed by atoms with E-state index in [1.807, 2.05) is 6.92 Å². The average Bonchev–Trinajstić information content (AvgIpc) is 2.32. The van der Waals surface area contributed by atoms with E-state index in [-0.39, 0.29) is 11.7 Å². The van der Waals surface area contributed by atoms with E-state index in [1.165, 1.54) is 0 Å². The minimum Gasteiger partial charge on any atom is -0.383 e. The zero-order valence-electron chi connectivity index (χ0n) is 7.50. The van der Waals surface area contributed by atoms with Gasteiger partial charge in [0.25, 0.3) is 0 Å². The first-order chi connectivity index (χ1) is 5.66. The number of hydrogen-bond donors (Lipinski definition) is 1. The molecule has 1 aromatic rings. The second-order valence-electron chi connectivity index (χ2n) is 2.75. The van der Waals surface area contributed by atoms with Gasteiger partial charge in [-0.05, 0) is 13.8 Å². The van der Waals surface area contributed by atoms with Crippen molar-refractivity contribution in [3.63, 3.8) is 0 Å². The van der Waals surface area contributed by atoms with Crippen LogP contribution < -0.4 is 5.69 Å². The summed E-state index contributed by atoms with van der Waals surface area (Å²) in [6.45, 7) is 4.21. The van der Waals surface area contributed by atoms with Gasteiger partial charge in [0, 0.05) is 7.11 Å². The number of hydrogen-bond acceptors (Lipinski definition) is 3. The fraction of sp³-hybridized carbons (Fsp3) is 0.714.